The highest BCUT2D eigenvalue weighted by molar-refractivity contribution is 8.13. The molecule has 0 fully saturated rings. The number of nitrogens with zero attached hydrogens (tertiary/aromatic N) is 2. The van der Waals surface area contributed by atoms with Crippen molar-refractivity contribution in [2.75, 3.05) is 0 Å². The lowest BCUT2D eigenvalue weighted by molar-refractivity contribution is -0.389. The molecular formula is C8H2ClF3N2O5S. The van der Waals surface area contributed by atoms with Gasteiger partial charge in [-0.05, 0) is 12.1 Å². The number of nitro benzene ring substituents is 1. The minimum atomic E-state index is -5.25. The van der Waals surface area contributed by atoms with Crippen molar-refractivity contribution in [3.8, 4) is 11.8 Å². The summed E-state index contributed by atoms with van der Waals surface area (Å²) in [5, 5.41) is 19.5. The molecule has 0 aliphatic rings. The third-order valence-corrected chi connectivity index (χ3v) is 3.25. The number of nitro groups is 1. The third kappa shape index (κ3) is 3.49. The van der Waals surface area contributed by atoms with Gasteiger partial charge in [-0.15, -0.1) is 13.2 Å². The SMILES string of the molecule is N#Cc1c(S(=O)(=O)Cl)ccc(OC(F)(F)F)c1[N+](=O)[O-]. The van der Waals surface area contributed by atoms with Crippen LogP contribution in [0.4, 0.5) is 18.9 Å². The van der Waals surface area contributed by atoms with Gasteiger partial charge >= 0.3 is 12.0 Å². The molecule has 20 heavy (non-hydrogen) atoms. The molecule has 1 aromatic rings. The Morgan fingerprint density at radius 2 is 1.95 bits per heavy atom. The molecule has 0 aliphatic heterocycles. The average molecular weight is 331 g/mol. The predicted molar refractivity (Wildman–Crippen MR) is 57.5 cm³/mol. The topological polar surface area (TPSA) is 110 Å². The Hall–Kier alpha value is -2.06. The molecule has 1 rings (SSSR count). The molecule has 108 valence electrons. The standard InChI is InChI=1S/C8H2ClF3N2O5S/c9-20(17,18)6-2-1-5(19-8(10,11)12)7(14(15)16)4(6)3-13/h1-2H. The number of rotatable bonds is 3. The minimum Gasteiger partial charge on any atom is -0.398 e. The maximum absolute atomic E-state index is 12.1. The molecule has 0 saturated heterocycles. The van der Waals surface area contributed by atoms with Crippen LogP contribution in [0.1, 0.15) is 5.56 Å². The zero-order valence-corrected chi connectivity index (χ0v) is 10.6. The van der Waals surface area contributed by atoms with Gasteiger partial charge in [-0.3, -0.25) is 10.1 Å². The van der Waals surface area contributed by atoms with Gasteiger partial charge in [-0.25, -0.2) is 8.42 Å². The van der Waals surface area contributed by atoms with E-state index in [0.29, 0.717) is 12.1 Å². The van der Waals surface area contributed by atoms with Gasteiger partial charge in [0.15, 0.2) is 5.56 Å². The van der Waals surface area contributed by atoms with E-state index in [-0.39, 0.29) is 0 Å². The quantitative estimate of drug-likeness (QED) is 0.477. The van der Waals surface area contributed by atoms with Crippen LogP contribution in [0.15, 0.2) is 17.0 Å². The minimum absolute atomic E-state index is 0.391. The Labute approximate surface area is 113 Å². The maximum Gasteiger partial charge on any atom is 0.573 e. The zero-order valence-electron chi connectivity index (χ0n) is 9.01. The number of ether oxygens (including phenoxy) is 1. The van der Waals surface area contributed by atoms with Crippen molar-refractivity contribution in [1.82, 2.24) is 0 Å². The molecule has 0 heterocycles. The summed E-state index contributed by atoms with van der Waals surface area (Å²) in [5.41, 5.74) is -2.58. The van der Waals surface area contributed by atoms with Crippen LogP contribution in [0.3, 0.4) is 0 Å². The lowest BCUT2D eigenvalue weighted by Gasteiger charge is -2.10. The Morgan fingerprint density at radius 1 is 1.40 bits per heavy atom. The Morgan fingerprint density at radius 3 is 2.30 bits per heavy atom. The molecule has 7 nitrogen and oxygen atoms in total. The van der Waals surface area contributed by atoms with E-state index in [1.165, 1.54) is 0 Å². The molecule has 0 spiro atoms. The van der Waals surface area contributed by atoms with Crippen LogP contribution >= 0.6 is 10.7 Å². The summed E-state index contributed by atoms with van der Waals surface area (Å²) in [6.45, 7) is 0. The number of halogens is 4. The molecule has 0 aromatic heterocycles. The van der Waals surface area contributed by atoms with Gasteiger partial charge in [-0.2, -0.15) is 5.26 Å². The van der Waals surface area contributed by atoms with Gasteiger partial charge in [0.1, 0.15) is 11.0 Å². The van der Waals surface area contributed by atoms with E-state index in [2.05, 4.69) is 4.74 Å². The first-order valence-electron chi connectivity index (χ1n) is 4.39. The monoisotopic (exact) mass is 330 g/mol. The fourth-order valence-corrected chi connectivity index (χ4v) is 2.26. The van der Waals surface area contributed by atoms with E-state index >= 15 is 0 Å². The molecule has 0 bridgehead atoms. The van der Waals surface area contributed by atoms with Gasteiger partial charge in [0.25, 0.3) is 9.05 Å². The smallest absolute Gasteiger partial charge is 0.398 e. The van der Waals surface area contributed by atoms with Crippen molar-refractivity contribution >= 4 is 25.4 Å². The van der Waals surface area contributed by atoms with E-state index in [4.69, 9.17) is 15.9 Å². The molecule has 0 atom stereocenters. The van der Waals surface area contributed by atoms with E-state index in [0.717, 1.165) is 6.07 Å². The van der Waals surface area contributed by atoms with Crippen LogP contribution in [0.2, 0.25) is 0 Å². The number of benzene rings is 1. The molecule has 0 unspecified atom stereocenters. The predicted octanol–water partition coefficient (Wildman–Crippen LogP) is 2.29. The molecule has 12 heteroatoms. The summed E-state index contributed by atoms with van der Waals surface area (Å²) >= 11 is 0. The summed E-state index contributed by atoms with van der Waals surface area (Å²) in [6, 6.07) is 2.03. The highest BCUT2D eigenvalue weighted by Crippen LogP contribution is 2.38. The van der Waals surface area contributed by atoms with Crippen molar-refractivity contribution in [3.63, 3.8) is 0 Å². The number of hydrogen-bond donors (Lipinski definition) is 0. The Bertz CT molecular complexity index is 710. The highest BCUT2D eigenvalue weighted by atomic mass is 35.7. The van der Waals surface area contributed by atoms with Gasteiger partial charge in [0, 0.05) is 10.7 Å². The second-order valence-electron chi connectivity index (χ2n) is 3.14. The number of hydrogen-bond acceptors (Lipinski definition) is 6. The molecule has 1 aromatic carbocycles. The van der Waals surface area contributed by atoms with Crippen molar-refractivity contribution in [3.05, 3.63) is 27.8 Å². The van der Waals surface area contributed by atoms with Crippen LogP contribution in [-0.2, 0) is 9.05 Å². The van der Waals surface area contributed by atoms with Gasteiger partial charge < -0.3 is 4.74 Å². The summed E-state index contributed by atoms with van der Waals surface area (Å²) in [5.74, 6) is -1.32. The van der Waals surface area contributed by atoms with Crippen LogP contribution in [0.25, 0.3) is 0 Å². The molecule has 0 radical (unpaired) electrons. The third-order valence-electron chi connectivity index (χ3n) is 1.89. The number of nitriles is 1. The summed E-state index contributed by atoms with van der Waals surface area (Å²) in [6.07, 6.45) is -5.25. The van der Waals surface area contributed by atoms with Crippen molar-refractivity contribution in [2.45, 2.75) is 11.3 Å². The average Bonchev–Trinajstić information content (AvgIpc) is 2.23. The highest BCUT2D eigenvalue weighted by Gasteiger charge is 2.37. The molecule has 0 saturated carbocycles. The molecular weight excluding hydrogens is 329 g/mol. The van der Waals surface area contributed by atoms with Gasteiger partial charge in [-0.1, -0.05) is 0 Å². The molecule has 0 N–H and O–H groups in total. The van der Waals surface area contributed by atoms with Crippen LogP contribution < -0.4 is 4.74 Å². The second-order valence-corrected chi connectivity index (χ2v) is 5.67. The lowest BCUT2D eigenvalue weighted by atomic mass is 10.2. The van der Waals surface area contributed by atoms with Gasteiger partial charge in [0.05, 0.1) is 4.92 Å². The van der Waals surface area contributed by atoms with Crippen LogP contribution in [0.5, 0.6) is 5.75 Å². The Balaban J connectivity index is 3.69. The first-order valence-corrected chi connectivity index (χ1v) is 6.70. The number of alkyl halides is 3. The van der Waals surface area contributed by atoms with Gasteiger partial charge in [0.2, 0.25) is 5.75 Å². The van der Waals surface area contributed by atoms with E-state index in [1.807, 2.05) is 0 Å². The van der Waals surface area contributed by atoms with Crippen LogP contribution in [-0.4, -0.2) is 19.7 Å². The summed E-state index contributed by atoms with van der Waals surface area (Å²) in [7, 11) is 0.386. The largest absolute Gasteiger partial charge is 0.573 e. The second kappa shape index (κ2) is 5.14. The zero-order chi connectivity index (χ0) is 15.7. The summed E-state index contributed by atoms with van der Waals surface area (Å²) in [4.78, 5) is 8.38. The van der Waals surface area contributed by atoms with Crippen molar-refractivity contribution < 1.29 is 31.2 Å². The normalized spacial score (nSPS) is 11.8. The van der Waals surface area contributed by atoms with E-state index < -0.39 is 42.2 Å². The van der Waals surface area contributed by atoms with E-state index in [1.54, 1.807) is 0 Å². The van der Waals surface area contributed by atoms with Crippen LogP contribution in [0, 0.1) is 21.4 Å². The fourth-order valence-electron chi connectivity index (χ4n) is 1.25. The molecule has 0 amide bonds. The first-order chi connectivity index (χ1) is 8.97. The lowest BCUT2D eigenvalue weighted by Crippen LogP contribution is -2.18. The molecule has 0 aliphatic carbocycles. The fraction of sp³-hybridized carbons (Fsp3) is 0.125. The van der Waals surface area contributed by atoms with Crippen molar-refractivity contribution in [2.24, 2.45) is 0 Å². The summed E-state index contributed by atoms with van der Waals surface area (Å²) < 4.78 is 61.8. The first kappa shape index (κ1) is 16.0. The maximum atomic E-state index is 12.1. The Kier molecular flexibility index (Phi) is 4.11. The van der Waals surface area contributed by atoms with E-state index in [9.17, 15) is 31.7 Å². The van der Waals surface area contributed by atoms with Crippen molar-refractivity contribution in [1.29, 1.82) is 5.26 Å².